The van der Waals surface area contributed by atoms with Crippen molar-refractivity contribution in [1.29, 1.82) is 0 Å². The van der Waals surface area contributed by atoms with Crippen molar-refractivity contribution in [2.24, 2.45) is 11.3 Å². The van der Waals surface area contributed by atoms with Crippen molar-refractivity contribution in [3.63, 3.8) is 0 Å². The fourth-order valence-electron chi connectivity index (χ4n) is 6.52. The Kier molecular flexibility index (Phi) is 33.5. The minimum atomic E-state index is -0.0307. The highest BCUT2D eigenvalue weighted by atomic mass is 16.5. The predicted molar refractivity (Wildman–Crippen MR) is 204 cm³/mol. The molecule has 0 bridgehead atoms. The molecule has 0 spiro atoms. The van der Waals surface area contributed by atoms with Gasteiger partial charge in [-0.3, -0.25) is 9.59 Å². The molecule has 0 aromatic heterocycles. The molecule has 0 amide bonds. The Morgan fingerprint density at radius 3 is 1.65 bits per heavy atom. The van der Waals surface area contributed by atoms with Gasteiger partial charge in [0.15, 0.2) is 0 Å². The van der Waals surface area contributed by atoms with Gasteiger partial charge in [-0.05, 0) is 82.3 Å². The summed E-state index contributed by atoms with van der Waals surface area (Å²) in [5.74, 6) is 0.829. The molecule has 0 aliphatic heterocycles. The maximum absolute atomic E-state index is 12.2. The topological polar surface area (TPSA) is 76.1 Å². The summed E-state index contributed by atoms with van der Waals surface area (Å²) < 4.78 is 11.1. The fraction of sp³-hybridized carbons (Fsp3) is 0.952. The van der Waals surface area contributed by atoms with Crippen LogP contribution < -0.4 is 0 Å². The van der Waals surface area contributed by atoms with Gasteiger partial charge in [0.05, 0.1) is 13.2 Å². The molecule has 0 saturated carbocycles. The van der Waals surface area contributed by atoms with Gasteiger partial charge in [-0.2, -0.15) is 0 Å². The first kappa shape index (κ1) is 46.9. The van der Waals surface area contributed by atoms with E-state index in [1.54, 1.807) is 0 Å². The normalized spacial score (nSPS) is 11.9. The molecule has 0 aliphatic rings. The smallest absolute Gasteiger partial charge is 0.305 e. The Morgan fingerprint density at radius 1 is 0.583 bits per heavy atom. The lowest BCUT2D eigenvalue weighted by Gasteiger charge is -2.25. The molecule has 6 nitrogen and oxygen atoms in total. The predicted octanol–water partition coefficient (Wildman–Crippen LogP) is 11.6. The van der Waals surface area contributed by atoms with Crippen LogP contribution in [0.4, 0.5) is 0 Å². The second kappa shape index (κ2) is 34.3. The Morgan fingerprint density at radius 2 is 1.06 bits per heavy atom. The number of nitrogens with zero attached hydrogens (tertiary/aromatic N) is 1. The van der Waals surface area contributed by atoms with Crippen LogP contribution in [0.5, 0.6) is 0 Å². The van der Waals surface area contributed by atoms with Crippen LogP contribution >= 0.6 is 0 Å². The number of aliphatic hydroxyl groups is 1. The van der Waals surface area contributed by atoms with Gasteiger partial charge in [-0.25, -0.2) is 0 Å². The first-order chi connectivity index (χ1) is 23.3. The lowest BCUT2D eigenvalue weighted by atomic mass is 9.88. The molecule has 0 heterocycles. The van der Waals surface area contributed by atoms with E-state index in [0.717, 1.165) is 83.3 Å². The first-order valence-electron chi connectivity index (χ1n) is 20.9. The van der Waals surface area contributed by atoms with Crippen molar-refractivity contribution >= 4 is 11.9 Å². The maximum atomic E-state index is 12.2. The van der Waals surface area contributed by atoms with E-state index in [2.05, 4.69) is 39.5 Å². The van der Waals surface area contributed by atoms with Crippen LogP contribution in [0.2, 0.25) is 0 Å². The maximum Gasteiger partial charge on any atom is 0.305 e. The molecule has 0 fully saturated rings. The summed E-state index contributed by atoms with van der Waals surface area (Å²) in [6.07, 6.45) is 30.4. The number of hydrogen-bond donors (Lipinski definition) is 1. The zero-order chi connectivity index (χ0) is 35.6. The van der Waals surface area contributed by atoms with E-state index in [9.17, 15) is 14.7 Å². The lowest BCUT2D eigenvalue weighted by molar-refractivity contribution is -0.147. The van der Waals surface area contributed by atoms with Gasteiger partial charge in [-0.1, -0.05) is 144 Å². The fourth-order valence-corrected chi connectivity index (χ4v) is 6.52. The van der Waals surface area contributed by atoms with Crippen LogP contribution in [0.3, 0.4) is 0 Å². The summed E-state index contributed by atoms with van der Waals surface area (Å²) in [6.45, 7) is 15.9. The molecule has 0 aliphatic carbocycles. The number of hydrogen-bond acceptors (Lipinski definition) is 6. The molecule has 48 heavy (non-hydrogen) atoms. The van der Waals surface area contributed by atoms with Gasteiger partial charge in [0.2, 0.25) is 0 Å². The molecule has 1 N–H and O–H groups in total. The molecule has 6 heteroatoms. The number of rotatable bonds is 37. The molecule has 0 saturated heterocycles. The van der Waals surface area contributed by atoms with Gasteiger partial charge >= 0.3 is 11.9 Å². The largest absolute Gasteiger partial charge is 0.466 e. The zero-order valence-corrected chi connectivity index (χ0v) is 32.9. The van der Waals surface area contributed by atoms with Gasteiger partial charge < -0.3 is 19.5 Å². The highest BCUT2D eigenvalue weighted by molar-refractivity contribution is 5.69. The third kappa shape index (κ3) is 32.1. The molecule has 0 radical (unpaired) electrons. The van der Waals surface area contributed by atoms with Gasteiger partial charge in [0.25, 0.3) is 0 Å². The molecule has 0 rings (SSSR count). The van der Waals surface area contributed by atoms with E-state index in [1.807, 2.05) is 0 Å². The standard InChI is InChI=1S/C42H83NO5/c1-6-9-10-11-12-14-22-31-41(46)48-38-42(4,5)32-23-19-25-34-43(35-26-27-36-44)33-24-17-13-15-21-30-40(45)47-37-28-18-16-20-29-39(7-2)8-3/h39,44H,6-38H2,1-5H3. The summed E-state index contributed by atoms with van der Waals surface area (Å²) >= 11 is 0. The van der Waals surface area contributed by atoms with Crippen LogP contribution in [0.15, 0.2) is 0 Å². The van der Waals surface area contributed by atoms with Crippen molar-refractivity contribution < 1.29 is 24.2 Å². The minimum Gasteiger partial charge on any atom is -0.466 e. The SMILES string of the molecule is CCCCCCCCCC(=O)OCC(C)(C)CCCCCN(CCCCO)CCCCCCCC(=O)OCCCCCCC(CC)CC. The van der Waals surface area contributed by atoms with Crippen molar-refractivity contribution in [2.45, 2.75) is 208 Å². The monoisotopic (exact) mass is 682 g/mol. The van der Waals surface area contributed by atoms with Gasteiger partial charge in [0, 0.05) is 19.4 Å². The number of carbonyl (C=O) groups is 2. The summed E-state index contributed by atoms with van der Waals surface area (Å²) in [5, 5.41) is 9.25. The van der Waals surface area contributed by atoms with E-state index in [4.69, 9.17) is 9.47 Å². The molecule has 0 atom stereocenters. The van der Waals surface area contributed by atoms with Crippen molar-refractivity contribution in [2.75, 3.05) is 39.5 Å². The Labute approximate surface area is 299 Å². The molecular weight excluding hydrogens is 598 g/mol. The first-order valence-corrected chi connectivity index (χ1v) is 20.9. The van der Waals surface area contributed by atoms with Crippen LogP contribution in [0.1, 0.15) is 208 Å². The number of aliphatic hydroxyl groups excluding tert-OH is 1. The van der Waals surface area contributed by atoms with Crippen LogP contribution in [0.25, 0.3) is 0 Å². The van der Waals surface area contributed by atoms with Gasteiger partial charge in [-0.15, -0.1) is 0 Å². The molecule has 0 aromatic rings. The highest BCUT2D eigenvalue weighted by Gasteiger charge is 2.20. The quantitative estimate of drug-likeness (QED) is 0.0519. The number of unbranched alkanes of at least 4 members (excludes halogenated alkanes) is 16. The molecular formula is C42H83NO5. The van der Waals surface area contributed by atoms with Crippen molar-refractivity contribution in [3.8, 4) is 0 Å². The van der Waals surface area contributed by atoms with Crippen molar-refractivity contribution in [3.05, 3.63) is 0 Å². The Balaban J connectivity index is 3.93. The second-order valence-corrected chi connectivity index (χ2v) is 15.4. The number of carbonyl (C=O) groups excluding carboxylic acids is 2. The Hall–Kier alpha value is -1.14. The molecule has 286 valence electrons. The Bertz CT molecular complexity index is 708. The van der Waals surface area contributed by atoms with Crippen LogP contribution in [-0.2, 0) is 19.1 Å². The zero-order valence-electron chi connectivity index (χ0n) is 32.9. The number of esters is 2. The third-order valence-electron chi connectivity index (χ3n) is 10.1. The van der Waals surface area contributed by atoms with E-state index in [1.165, 1.54) is 103 Å². The van der Waals surface area contributed by atoms with Crippen LogP contribution in [-0.4, -0.2) is 61.4 Å². The lowest BCUT2D eigenvalue weighted by Crippen LogP contribution is -2.27. The van der Waals surface area contributed by atoms with Crippen molar-refractivity contribution in [1.82, 2.24) is 4.90 Å². The van der Waals surface area contributed by atoms with E-state index in [0.29, 0.717) is 26.1 Å². The van der Waals surface area contributed by atoms with Gasteiger partial charge in [0.1, 0.15) is 0 Å². The van der Waals surface area contributed by atoms with E-state index >= 15 is 0 Å². The summed E-state index contributed by atoms with van der Waals surface area (Å²) in [7, 11) is 0. The minimum absolute atomic E-state index is 0.0229. The van der Waals surface area contributed by atoms with E-state index < -0.39 is 0 Å². The third-order valence-corrected chi connectivity index (χ3v) is 10.1. The summed E-state index contributed by atoms with van der Waals surface area (Å²) in [5.41, 5.74) is 0.0274. The average molecular weight is 682 g/mol. The average Bonchev–Trinajstić information content (AvgIpc) is 3.07. The summed E-state index contributed by atoms with van der Waals surface area (Å²) in [4.78, 5) is 26.9. The van der Waals surface area contributed by atoms with E-state index in [-0.39, 0.29) is 24.0 Å². The highest BCUT2D eigenvalue weighted by Crippen LogP contribution is 2.25. The molecule has 0 aromatic carbocycles. The molecule has 0 unspecified atom stereocenters. The summed E-state index contributed by atoms with van der Waals surface area (Å²) in [6, 6.07) is 0. The second-order valence-electron chi connectivity index (χ2n) is 15.4. The number of ether oxygens (including phenoxy) is 2. The van der Waals surface area contributed by atoms with Crippen LogP contribution in [0, 0.1) is 11.3 Å².